The molecule has 168 valence electrons. The molecule has 4 atom stereocenters. The number of carbonyl (C=O) groups excluding carboxylic acids is 3. The van der Waals surface area contributed by atoms with Crippen LogP contribution in [0.2, 0.25) is 0 Å². The molecule has 2 amide bonds. The molecule has 0 unspecified atom stereocenters. The van der Waals surface area contributed by atoms with E-state index in [2.05, 4.69) is 38.8 Å². The Bertz CT molecular complexity index is 1170. The molecule has 0 saturated carbocycles. The Hall–Kier alpha value is -3.13. The molecule has 2 aromatic rings. The summed E-state index contributed by atoms with van der Waals surface area (Å²) in [4.78, 5) is 43.8. The van der Waals surface area contributed by atoms with E-state index in [1.165, 1.54) is 17.9 Å². The number of rotatable bonds is 3. The third-order valence-corrected chi connectivity index (χ3v) is 6.91. The summed E-state index contributed by atoms with van der Waals surface area (Å²) in [6.07, 6.45) is 4.95. The van der Waals surface area contributed by atoms with Gasteiger partial charge in [-0.2, -0.15) is 0 Å². The summed E-state index contributed by atoms with van der Waals surface area (Å²) in [6.45, 7) is 5.59. The smallest absolute Gasteiger partial charge is 0.331 e. The molecule has 3 heterocycles. The number of nitrogens with one attached hydrogen (secondary N) is 3. The van der Waals surface area contributed by atoms with Gasteiger partial charge in [0, 0.05) is 36.6 Å². The largest absolute Gasteiger partial charge is 0.428 e. The molecule has 1 aliphatic carbocycles. The van der Waals surface area contributed by atoms with Crippen molar-refractivity contribution in [1.82, 2.24) is 20.5 Å². The highest BCUT2D eigenvalue weighted by Crippen LogP contribution is 2.40. The summed E-state index contributed by atoms with van der Waals surface area (Å²) in [6, 6.07) is 5.64. The molecule has 0 bridgehead atoms. The fourth-order valence-corrected chi connectivity index (χ4v) is 5.11. The van der Waals surface area contributed by atoms with Crippen molar-refractivity contribution in [3.05, 3.63) is 41.6 Å². The number of ether oxygens (including phenoxy) is 1. The summed E-state index contributed by atoms with van der Waals surface area (Å²) in [7, 11) is 2.01. The van der Waals surface area contributed by atoms with E-state index < -0.39 is 29.6 Å². The Morgan fingerprint density at radius 2 is 2.09 bits per heavy atom. The lowest BCUT2D eigenvalue weighted by molar-refractivity contribution is -0.184. The lowest BCUT2D eigenvalue weighted by Gasteiger charge is -2.41. The number of carbonyl (C=O) groups is 3. The van der Waals surface area contributed by atoms with E-state index in [0.717, 1.165) is 23.1 Å². The summed E-state index contributed by atoms with van der Waals surface area (Å²) in [5, 5.41) is 6.58. The zero-order chi connectivity index (χ0) is 22.8. The molecule has 3 aliphatic rings. The molecule has 32 heavy (non-hydrogen) atoms. The van der Waals surface area contributed by atoms with Crippen LogP contribution in [0.15, 0.2) is 30.5 Å². The van der Waals surface area contributed by atoms with Crippen molar-refractivity contribution in [3.63, 3.8) is 0 Å². The first-order valence-electron chi connectivity index (χ1n) is 11.0. The van der Waals surface area contributed by atoms with E-state index in [-0.39, 0.29) is 17.9 Å². The Morgan fingerprint density at radius 3 is 2.84 bits per heavy atom. The second kappa shape index (κ2) is 7.20. The van der Waals surface area contributed by atoms with Gasteiger partial charge >= 0.3 is 5.97 Å². The van der Waals surface area contributed by atoms with Crippen LogP contribution < -0.4 is 10.6 Å². The molecule has 1 fully saturated rings. The van der Waals surface area contributed by atoms with Crippen molar-refractivity contribution in [3.8, 4) is 0 Å². The lowest BCUT2D eigenvalue weighted by Crippen LogP contribution is -2.68. The number of amides is 2. The number of benzene rings is 1. The Kier molecular flexibility index (Phi) is 4.67. The number of aromatic nitrogens is 1. The minimum absolute atomic E-state index is 0.104. The number of H-pyrrole nitrogens is 1. The minimum Gasteiger partial charge on any atom is -0.428 e. The number of cyclic esters (lactones) is 1. The van der Waals surface area contributed by atoms with Crippen LogP contribution in [0, 0.1) is 11.8 Å². The Balaban J connectivity index is 1.42. The molecule has 8 heteroatoms. The topological polar surface area (TPSA) is 104 Å². The van der Waals surface area contributed by atoms with Crippen LogP contribution in [0.3, 0.4) is 0 Å². The number of hydrogen-bond donors (Lipinski definition) is 3. The van der Waals surface area contributed by atoms with Crippen molar-refractivity contribution >= 4 is 34.3 Å². The van der Waals surface area contributed by atoms with Gasteiger partial charge in [-0.05, 0) is 42.2 Å². The minimum atomic E-state index is -1.73. The summed E-state index contributed by atoms with van der Waals surface area (Å²) in [5.74, 6) is -1.98. The SMILES string of the molecule is CC(C)[C@@H]1NC(=O)[C@](C)(NC(=O)[C@@H]2C=C3c4cccc5[nH]cc(c45)C[C@H]3N(C)C2)OC1=O. The normalized spacial score (nSPS) is 29.9. The standard InChI is InChI=1S/C24H28N4O4/c1-12(2)20-22(30)32-24(3,23(31)26-20)27-21(29)14-8-16-15-6-5-7-17-19(15)13(10-25-17)9-18(16)28(4)11-14/h5-8,10,12,14,18,20,25H,9,11H2,1-4H3,(H,26,31)(H,27,29)/t14-,18-,20+,24-/m1/s1. The zero-order valence-corrected chi connectivity index (χ0v) is 18.7. The average Bonchev–Trinajstić information content (AvgIpc) is 3.15. The molecule has 1 aromatic heterocycles. The molecule has 0 radical (unpaired) electrons. The number of aromatic amines is 1. The molecule has 8 nitrogen and oxygen atoms in total. The van der Waals surface area contributed by atoms with Crippen molar-refractivity contribution in [2.75, 3.05) is 13.6 Å². The van der Waals surface area contributed by atoms with Crippen LogP contribution in [0.4, 0.5) is 0 Å². The highest BCUT2D eigenvalue weighted by molar-refractivity contribution is 6.01. The van der Waals surface area contributed by atoms with Crippen LogP contribution in [0.1, 0.15) is 31.9 Å². The number of hydrogen-bond acceptors (Lipinski definition) is 5. The summed E-state index contributed by atoms with van der Waals surface area (Å²) < 4.78 is 5.42. The molecule has 1 aromatic carbocycles. The van der Waals surface area contributed by atoms with Crippen LogP contribution in [-0.4, -0.2) is 59.1 Å². The van der Waals surface area contributed by atoms with Gasteiger partial charge in [0.25, 0.3) is 11.6 Å². The Morgan fingerprint density at radius 1 is 1.31 bits per heavy atom. The predicted molar refractivity (Wildman–Crippen MR) is 119 cm³/mol. The summed E-state index contributed by atoms with van der Waals surface area (Å²) in [5.41, 5.74) is 2.89. The predicted octanol–water partition coefficient (Wildman–Crippen LogP) is 1.57. The third kappa shape index (κ3) is 3.12. The van der Waals surface area contributed by atoms with Gasteiger partial charge in [0.2, 0.25) is 5.91 Å². The lowest BCUT2D eigenvalue weighted by atomic mass is 9.79. The highest BCUT2D eigenvalue weighted by atomic mass is 16.6. The number of esters is 1. The molecule has 1 saturated heterocycles. The van der Waals surface area contributed by atoms with E-state index in [4.69, 9.17) is 4.74 Å². The van der Waals surface area contributed by atoms with Gasteiger partial charge in [-0.3, -0.25) is 14.5 Å². The fourth-order valence-electron chi connectivity index (χ4n) is 5.11. The van der Waals surface area contributed by atoms with E-state index >= 15 is 0 Å². The quantitative estimate of drug-likeness (QED) is 0.634. The first-order valence-corrected chi connectivity index (χ1v) is 11.0. The molecule has 5 rings (SSSR count). The molecule has 3 N–H and O–H groups in total. The molecular weight excluding hydrogens is 408 g/mol. The van der Waals surface area contributed by atoms with Crippen LogP contribution in [0.25, 0.3) is 16.5 Å². The van der Waals surface area contributed by atoms with Gasteiger partial charge in [0.05, 0.1) is 5.92 Å². The van der Waals surface area contributed by atoms with Crippen LogP contribution in [0.5, 0.6) is 0 Å². The monoisotopic (exact) mass is 436 g/mol. The van der Waals surface area contributed by atoms with E-state index in [1.807, 2.05) is 33.0 Å². The van der Waals surface area contributed by atoms with Gasteiger partial charge in [-0.1, -0.05) is 32.1 Å². The van der Waals surface area contributed by atoms with E-state index in [1.54, 1.807) is 0 Å². The summed E-state index contributed by atoms with van der Waals surface area (Å²) >= 11 is 0. The second-order valence-electron chi connectivity index (χ2n) is 9.57. The van der Waals surface area contributed by atoms with Gasteiger partial charge in [-0.15, -0.1) is 0 Å². The van der Waals surface area contributed by atoms with Crippen LogP contribution in [-0.2, 0) is 25.5 Å². The first-order chi connectivity index (χ1) is 15.2. The molecule has 2 aliphatic heterocycles. The number of morpholine rings is 1. The van der Waals surface area contributed by atoms with Crippen molar-refractivity contribution < 1.29 is 19.1 Å². The molecular formula is C24H28N4O4. The third-order valence-electron chi connectivity index (χ3n) is 6.91. The highest BCUT2D eigenvalue weighted by Gasteiger charge is 2.48. The maximum absolute atomic E-state index is 13.2. The maximum Gasteiger partial charge on any atom is 0.331 e. The first kappa shape index (κ1) is 20.8. The number of nitrogens with zero attached hydrogens (tertiary/aromatic N) is 1. The average molecular weight is 437 g/mol. The molecule has 0 spiro atoms. The number of fused-ring (bicyclic) bond motifs is 2. The van der Waals surface area contributed by atoms with Crippen molar-refractivity contribution in [1.29, 1.82) is 0 Å². The van der Waals surface area contributed by atoms with Gasteiger partial charge < -0.3 is 20.4 Å². The fraction of sp³-hybridized carbons (Fsp3) is 0.458. The zero-order valence-electron chi connectivity index (χ0n) is 18.7. The van der Waals surface area contributed by atoms with Crippen LogP contribution >= 0.6 is 0 Å². The van der Waals surface area contributed by atoms with Gasteiger partial charge in [0.1, 0.15) is 6.04 Å². The van der Waals surface area contributed by atoms with Crippen molar-refractivity contribution in [2.24, 2.45) is 11.8 Å². The maximum atomic E-state index is 13.2. The van der Waals surface area contributed by atoms with Gasteiger partial charge in [0.15, 0.2) is 0 Å². The second-order valence-corrected chi connectivity index (χ2v) is 9.57. The van der Waals surface area contributed by atoms with Gasteiger partial charge in [-0.25, -0.2) is 4.79 Å². The number of likely N-dealkylation sites (N-methyl/N-ethyl adjacent to an activating group) is 1. The Labute approximate surface area is 186 Å². The van der Waals surface area contributed by atoms with E-state index in [9.17, 15) is 14.4 Å². The van der Waals surface area contributed by atoms with E-state index in [0.29, 0.717) is 6.54 Å². The van der Waals surface area contributed by atoms with Crippen molar-refractivity contribution in [2.45, 2.75) is 45.0 Å².